The Morgan fingerprint density at radius 3 is 2.39 bits per heavy atom. The molecule has 6 rings (SSSR count). The molecule has 13 heteroatoms. The number of hydrogen-bond acceptors (Lipinski definition) is 11. The molecule has 0 radical (unpaired) electrons. The predicted molar refractivity (Wildman–Crippen MR) is 175 cm³/mol. The summed E-state index contributed by atoms with van der Waals surface area (Å²) in [4.78, 5) is 37.6. The molecule has 1 amide bonds. The lowest BCUT2D eigenvalue weighted by molar-refractivity contribution is 0.0336. The number of hydrogen-bond donors (Lipinski definition) is 3. The van der Waals surface area contributed by atoms with Crippen LogP contribution in [-0.4, -0.2) is 107 Å². The molecular formula is C33H39N9O4. The maximum Gasteiger partial charge on any atom is 0.255 e. The summed E-state index contributed by atoms with van der Waals surface area (Å²) in [6.45, 7) is 10.8. The average Bonchev–Trinajstić information content (AvgIpc) is 3.49. The Kier molecular flexibility index (Phi) is 10.2. The molecule has 2 fully saturated rings. The fourth-order valence-electron chi connectivity index (χ4n) is 5.37. The first-order chi connectivity index (χ1) is 22.5. The Morgan fingerprint density at radius 2 is 1.65 bits per heavy atom. The molecule has 2 aliphatic heterocycles. The van der Waals surface area contributed by atoms with Crippen LogP contribution in [0.1, 0.15) is 32.0 Å². The van der Waals surface area contributed by atoms with Crippen molar-refractivity contribution in [2.75, 3.05) is 81.6 Å². The van der Waals surface area contributed by atoms with Gasteiger partial charge < -0.3 is 25.4 Å². The van der Waals surface area contributed by atoms with Crippen LogP contribution in [0.5, 0.6) is 0 Å². The van der Waals surface area contributed by atoms with Crippen LogP contribution in [-0.2, 0) is 16.0 Å². The van der Waals surface area contributed by atoms with Gasteiger partial charge in [-0.1, -0.05) is 18.2 Å². The predicted octanol–water partition coefficient (Wildman–Crippen LogP) is 3.36. The first-order valence-corrected chi connectivity index (χ1v) is 15.5. The van der Waals surface area contributed by atoms with Gasteiger partial charge in [0.15, 0.2) is 5.82 Å². The largest absolute Gasteiger partial charge is 0.379 e. The van der Waals surface area contributed by atoms with E-state index in [1.54, 1.807) is 35.3 Å². The van der Waals surface area contributed by atoms with Crippen LogP contribution in [0, 0.1) is 6.92 Å². The number of carbonyl (C=O) groups is 2. The minimum atomic E-state index is -0.264. The molecule has 240 valence electrons. The zero-order valence-corrected chi connectivity index (χ0v) is 25.9. The summed E-state index contributed by atoms with van der Waals surface area (Å²) in [5.74, 6) is 1.81. The third kappa shape index (κ3) is 8.12. The minimum Gasteiger partial charge on any atom is -0.379 e. The number of aryl methyl sites for hydroxylation is 1. The van der Waals surface area contributed by atoms with E-state index in [0.29, 0.717) is 42.4 Å². The van der Waals surface area contributed by atoms with Crippen LogP contribution >= 0.6 is 0 Å². The first kappa shape index (κ1) is 31.3. The quantitative estimate of drug-likeness (QED) is 0.200. The Balaban J connectivity index is 1.22. The lowest BCUT2D eigenvalue weighted by atomic mass is 10.1. The molecule has 2 aromatic heterocycles. The number of amides is 1. The van der Waals surface area contributed by atoms with Gasteiger partial charge in [0.2, 0.25) is 0 Å². The summed E-state index contributed by atoms with van der Waals surface area (Å²) in [5.41, 5.74) is 4.30. The van der Waals surface area contributed by atoms with E-state index in [1.807, 2.05) is 37.3 Å². The number of rotatable bonds is 12. The van der Waals surface area contributed by atoms with Gasteiger partial charge in [-0.15, -0.1) is 0 Å². The van der Waals surface area contributed by atoms with E-state index < -0.39 is 0 Å². The Morgan fingerprint density at radius 1 is 0.913 bits per heavy atom. The van der Waals surface area contributed by atoms with Gasteiger partial charge in [0.1, 0.15) is 24.2 Å². The van der Waals surface area contributed by atoms with Crippen molar-refractivity contribution in [3.63, 3.8) is 0 Å². The highest BCUT2D eigenvalue weighted by Crippen LogP contribution is 2.27. The monoisotopic (exact) mass is 625 g/mol. The fraction of sp³-hybridized carbons (Fsp3) is 0.364. The summed E-state index contributed by atoms with van der Waals surface area (Å²) in [6, 6.07) is 16.1. The highest BCUT2D eigenvalue weighted by atomic mass is 16.5. The lowest BCUT2D eigenvalue weighted by Gasteiger charge is -2.26. The normalized spacial score (nSPS) is 15.8. The van der Waals surface area contributed by atoms with Gasteiger partial charge in [-0.2, -0.15) is 9.78 Å². The van der Waals surface area contributed by atoms with Crippen molar-refractivity contribution >= 4 is 35.2 Å². The van der Waals surface area contributed by atoms with Crippen molar-refractivity contribution in [3.05, 3.63) is 83.3 Å². The van der Waals surface area contributed by atoms with Crippen molar-refractivity contribution in [2.45, 2.75) is 13.5 Å². The van der Waals surface area contributed by atoms with E-state index in [1.165, 1.54) is 0 Å². The van der Waals surface area contributed by atoms with Gasteiger partial charge in [-0.25, -0.2) is 9.97 Å². The lowest BCUT2D eigenvalue weighted by Crippen LogP contribution is -2.39. The zero-order chi connectivity index (χ0) is 31.7. The van der Waals surface area contributed by atoms with Gasteiger partial charge in [0.25, 0.3) is 5.91 Å². The van der Waals surface area contributed by atoms with E-state index in [2.05, 4.69) is 35.7 Å². The fourth-order valence-corrected chi connectivity index (χ4v) is 5.37. The second-order valence-corrected chi connectivity index (χ2v) is 11.3. The number of anilines is 4. The van der Waals surface area contributed by atoms with E-state index in [0.717, 1.165) is 87.3 Å². The highest BCUT2D eigenvalue weighted by molar-refractivity contribution is 6.04. The van der Waals surface area contributed by atoms with E-state index in [-0.39, 0.29) is 5.91 Å². The molecule has 2 aliphatic rings. The van der Waals surface area contributed by atoms with Crippen molar-refractivity contribution in [3.8, 4) is 5.82 Å². The SMILES string of the molecule is Cc1ccc(NC(=O)c2ccc(C=O)cc2)cc1Nc1cc(CN2CCOCC2)nn1-c1cc(NCCN2CCOCC2)ncn1. The van der Waals surface area contributed by atoms with Crippen LogP contribution in [0.3, 0.4) is 0 Å². The van der Waals surface area contributed by atoms with E-state index >= 15 is 0 Å². The summed E-state index contributed by atoms with van der Waals surface area (Å²) >= 11 is 0. The molecule has 0 atom stereocenters. The molecular weight excluding hydrogens is 586 g/mol. The Hall–Kier alpha value is -4.69. The van der Waals surface area contributed by atoms with Crippen molar-refractivity contribution in [2.24, 2.45) is 0 Å². The molecule has 2 saturated heterocycles. The third-order valence-electron chi connectivity index (χ3n) is 8.02. The molecule has 3 N–H and O–H groups in total. The Labute approximate surface area is 267 Å². The van der Waals surface area contributed by atoms with E-state index in [4.69, 9.17) is 14.6 Å². The van der Waals surface area contributed by atoms with Crippen LogP contribution in [0.4, 0.5) is 23.0 Å². The average molecular weight is 626 g/mol. The molecule has 0 bridgehead atoms. The molecule has 4 aromatic rings. The number of carbonyl (C=O) groups excluding carboxylic acids is 2. The van der Waals surface area contributed by atoms with Crippen LogP contribution in [0.2, 0.25) is 0 Å². The molecule has 4 heterocycles. The second kappa shape index (κ2) is 15.1. The van der Waals surface area contributed by atoms with Crippen molar-refractivity contribution < 1.29 is 19.1 Å². The van der Waals surface area contributed by atoms with Crippen molar-refractivity contribution in [1.82, 2.24) is 29.5 Å². The number of aldehydes is 1. The van der Waals surface area contributed by atoms with Crippen LogP contribution < -0.4 is 16.0 Å². The van der Waals surface area contributed by atoms with Gasteiger partial charge in [0.05, 0.1) is 32.1 Å². The van der Waals surface area contributed by atoms with Crippen LogP contribution in [0.15, 0.2) is 60.9 Å². The van der Waals surface area contributed by atoms with Crippen LogP contribution in [0.25, 0.3) is 5.82 Å². The highest BCUT2D eigenvalue weighted by Gasteiger charge is 2.18. The molecule has 13 nitrogen and oxygen atoms in total. The summed E-state index contributed by atoms with van der Waals surface area (Å²) in [5, 5.41) is 14.9. The topological polar surface area (TPSA) is 139 Å². The standard InChI is InChI=1S/C33H39N9O4/c1-24-2-7-27(37-33(44)26-5-3-25(22-43)4-6-26)18-29(24)38-32-19-28(21-41-12-16-46-17-13-41)39-42(32)31-20-30(35-23-36-31)34-8-9-40-10-14-45-15-11-40/h2-7,18-20,22-23,38H,8-17,21H2,1H3,(H,37,44)(H,34,35,36). The van der Waals surface area contributed by atoms with Gasteiger partial charge in [-0.05, 0) is 36.8 Å². The minimum absolute atomic E-state index is 0.264. The molecule has 0 spiro atoms. The van der Waals surface area contributed by atoms with E-state index in [9.17, 15) is 9.59 Å². The molecule has 0 saturated carbocycles. The maximum atomic E-state index is 12.9. The zero-order valence-electron chi connectivity index (χ0n) is 25.9. The second-order valence-electron chi connectivity index (χ2n) is 11.3. The molecule has 0 aliphatic carbocycles. The summed E-state index contributed by atoms with van der Waals surface area (Å²) in [7, 11) is 0. The summed E-state index contributed by atoms with van der Waals surface area (Å²) < 4.78 is 12.8. The van der Waals surface area contributed by atoms with Crippen molar-refractivity contribution in [1.29, 1.82) is 0 Å². The number of nitrogens with zero attached hydrogens (tertiary/aromatic N) is 6. The number of ether oxygens (including phenoxy) is 2. The van der Waals surface area contributed by atoms with Gasteiger partial charge >= 0.3 is 0 Å². The number of morpholine rings is 2. The maximum absolute atomic E-state index is 12.9. The number of benzene rings is 2. The van der Waals surface area contributed by atoms with Gasteiger partial charge in [0, 0.05) is 80.4 Å². The summed E-state index contributed by atoms with van der Waals surface area (Å²) in [6.07, 6.45) is 2.30. The molecule has 0 unspecified atom stereocenters. The Bertz CT molecular complexity index is 1630. The molecule has 2 aromatic carbocycles. The smallest absolute Gasteiger partial charge is 0.255 e. The number of nitrogens with one attached hydrogen (secondary N) is 3. The third-order valence-corrected chi connectivity index (χ3v) is 8.02. The molecule has 46 heavy (non-hydrogen) atoms. The first-order valence-electron chi connectivity index (χ1n) is 15.5. The van der Waals surface area contributed by atoms with Gasteiger partial charge in [-0.3, -0.25) is 19.4 Å². The number of aromatic nitrogens is 4.